The molecule has 1 atom stereocenters. The smallest absolute Gasteiger partial charge is 0.171 e. The maximum absolute atomic E-state index is 6.00. The summed E-state index contributed by atoms with van der Waals surface area (Å²) in [4.78, 5) is 0. The third-order valence-electron chi connectivity index (χ3n) is 4.08. The number of rotatable bonds is 14. The second-order valence-electron chi connectivity index (χ2n) is 5.52. The minimum Gasteiger partial charge on any atom is -0.350 e. The van der Waals surface area contributed by atoms with Crippen molar-refractivity contribution in [1.29, 1.82) is 0 Å². The molecule has 0 spiro atoms. The van der Waals surface area contributed by atoms with E-state index in [1.165, 1.54) is 38.5 Å². The Hall–Kier alpha value is -0.120. The van der Waals surface area contributed by atoms with Crippen molar-refractivity contribution in [3.8, 4) is 0 Å². The molecule has 0 aromatic heterocycles. The summed E-state index contributed by atoms with van der Waals surface area (Å²) in [6.45, 7) is 10.5. The number of nitrogens with two attached hydrogens (primary N) is 1. The first kappa shape index (κ1) is 19.9. The van der Waals surface area contributed by atoms with Crippen molar-refractivity contribution < 1.29 is 9.47 Å². The van der Waals surface area contributed by atoms with Crippen LogP contribution in [-0.4, -0.2) is 25.5 Å². The number of unbranched alkanes of at least 4 members (excludes halogenated alkanes) is 5. The average molecular weight is 287 g/mol. The van der Waals surface area contributed by atoms with Crippen molar-refractivity contribution >= 4 is 0 Å². The van der Waals surface area contributed by atoms with E-state index < -0.39 is 5.79 Å². The summed E-state index contributed by atoms with van der Waals surface area (Å²) in [5.41, 5.74) is 6.00. The van der Waals surface area contributed by atoms with E-state index in [1.807, 2.05) is 13.8 Å². The number of ether oxygens (including phenoxy) is 2. The summed E-state index contributed by atoms with van der Waals surface area (Å²) in [6, 6.07) is 0. The summed E-state index contributed by atoms with van der Waals surface area (Å²) in [5, 5.41) is 0. The fraction of sp³-hybridized carbons (Fsp3) is 1.00. The van der Waals surface area contributed by atoms with Crippen molar-refractivity contribution in [2.24, 2.45) is 11.7 Å². The lowest BCUT2D eigenvalue weighted by Crippen LogP contribution is -2.46. The summed E-state index contributed by atoms with van der Waals surface area (Å²) in [7, 11) is 0. The van der Waals surface area contributed by atoms with E-state index in [9.17, 15) is 0 Å². The van der Waals surface area contributed by atoms with E-state index in [0.717, 1.165) is 12.8 Å². The molecule has 3 nitrogen and oxygen atoms in total. The topological polar surface area (TPSA) is 44.5 Å². The first-order chi connectivity index (χ1) is 9.70. The van der Waals surface area contributed by atoms with Gasteiger partial charge in [0, 0.05) is 25.7 Å². The van der Waals surface area contributed by atoms with Gasteiger partial charge in [-0.2, -0.15) is 0 Å². The van der Waals surface area contributed by atoms with Gasteiger partial charge in [0.25, 0.3) is 0 Å². The molecule has 0 aliphatic rings. The van der Waals surface area contributed by atoms with Gasteiger partial charge >= 0.3 is 0 Å². The summed E-state index contributed by atoms with van der Waals surface area (Å²) in [6.07, 6.45) is 9.87. The van der Waals surface area contributed by atoms with Gasteiger partial charge in [-0.3, -0.25) is 0 Å². The molecular formula is C17H37NO2. The molecule has 0 aromatic rings. The molecule has 3 heteroatoms. The molecular weight excluding hydrogens is 250 g/mol. The zero-order valence-electron chi connectivity index (χ0n) is 14.2. The van der Waals surface area contributed by atoms with E-state index in [0.29, 0.717) is 25.7 Å². The number of hydrogen-bond donors (Lipinski definition) is 1. The van der Waals surface area contributed by atoms with Crippen LogP contribution in [0.25, 0.3) is 0 Å². The molecule has 0 aliphatic carbocycles. The monoisotopic (exact) mass is 287 g/mol. The van der Waals surface area contributed by atoms with E-state index in [2.05, 4.69) is 13.8 Å². The van der Waals surface area contributed by atoms with Crippen LogP contribution in [-0.2, 0) is 9.47 Å². The first-order valence-electron chi connectivity index (χ1n) is 8.68. The van der Waals surface area contributed by atoms with E-state index in [1.54, 1.807) is 0 Å². The molecule has 0 saturated carbocycles. The maximum atomic E-state index is 6.00. The lowest BCUT2D eigenvalue weighted by molar-refractivity contribution is -0.264. The van der Waals surface area contributed by atoms with E-state index in [4.69, 9.17) is 15.2 Å². The second-order valence-corrected chi connectivity index (χ2v) is 5.52. The average Bonchev–Trinajstić information content (AvgIpc) is 2.46. The predicted molar refractivity (Wildman–Crippen MR) is 86.8 cm³/mol. The van der Waals surface area contributed by atoms with Gasteiger partial charge in [0.2, 0.25) is 0 Å². The van der Waals surface area contributed by atoms with Gasteiger partial charge in [-0.15, -0.1) is 0 Å². The minimum atomic E-state index is -0.471. The predicted octanol–water partition coefficient (Wildman–Crippen LogP) is 4.49. The molecule has 0 aromatic carbocycles. The van der Waals surface area contributed by atoms with Crippen molar-refractivity contribution in [3.63, 3.8) is 0 Å². The Labute approximate surface area is 126 Å². The molecule has 20 heavy (non-hydrogen) atoms. The van der Waals surface area contributed by atoms with E-state index in [-0.39, 0.29) is 0 Å². The maximum Gasteiger partial charge on any atom is 0.171 e. The van der Waals surface area contributed by atoms with Gasteiger partial charge in [-0.25, -0.2) is 0 Å². The van der Waals surface area contributed by atoms with Gasteiger partial charge < -0.3 is 15.2 Å². The summed E-state index contributed by atoms with van der Waals surface area (Å²) in [5.74, 6) is -0.166. The summed E-state index contributed by atoms with van der Waals surface area (Å²) >= 11 is 0. The third-order valence-corrected chi connectivity index (χ3v) is 4.08. The molecule has 1 unspecified atom stereocenters. The highest BCUT2D eigenvalue weighted by Crippen LogP contribution is 2.31. The van der Waals surface area contributed by atoms with Crippen molar-refractivity contribution in [2.75, 3.05) is 19.8 Å². The lowest BCUT2D eigenvalue weighted by atomic mass is 9.90. The third kappa shape index (κ3) is 7.05. The van der Waals surface area contributed by atoms with Crippen LogP contribution in [0.1, 0.15) is 79.1 Å². The molecule has 0 radical (unpaired) electrons. The summed E-state index contributed by atoms with van der Waals surface area (Å²) < 4.78 is 11.9. The molecule has 0 fully saturated rings. The molecule has 2 N–H and O–H groups in total. The largest absolute Gasteiger partial charge is 0.350 e. The molecule has 122 valence electrons. The van der Waals surface area contributed by atoms with Crippen LogP contribution < -0.4 is 5.73 Å². The Balaban J connectivity index is 4.28. The van der Waals surface area contributed by atoms with Gasteiger partial charge in [-0.1, -0.05) is 52.4 Å². The Morgan fingerprint density at radius 3 is 1.85 bits per heavy atom. The fourth-order valence-corrected chi connectivity index (χ4v) is 2.95. The molecule has 0 bridgehead atoms. The van der Waals surface area contributed by atoms with Crippen molar-refractivity contribution in [2.45, 2.75) is 84.8 Å². The molecule has 0 rings (SSSR count). The van der Waals surface area contributed by atoms with E-state index >= 15 is 0 Å². The van der Waals surface area contributed by atoms with Crippen LogP contribution in [0.4, 0.5) is 0 Å². The molecule has 0 aliphatic heterocycles. The number of hydrogen-bond acceptors (Lipinski definition) is 3. The normalized spacial score (nSPS) is 13.7. The standard InChI is InChI=1S/C17H37NO2/c1-5-9-10-11-12-13-14-16(15-18)17(6-2,19-7-3)20-8-4/h16H,5-15,18H2,1-4H3. The van der Waals surface area contributed by atoms with Gasteiger partial charge in [0.05, 0.1) is 0 Å². The Kier molecular flexibility index (Phi) is 12.5. The highest BCUT2D eigenvalue weighted by Gasteiger charge is 2.37. The fourth-order valence-electron chi connectivity index (χ4n) is 2.95. The first-order valence-corrected chi connectivity index (χ1v) is 8.68. The zero-order chi connectivity index (χ0) is 15.3. The SMILES string of the molecule is CCCCCCCCC(CN)C(CC)(OCC)OCC. The van der Waals surface area contributed by atoms with Crippen LogP contribution in [0.15, 0.2) is 0 Å². The van der Waals surface area contributed by atoms with Crippen LogP contribution in [0, 0.1) is 5.92 Å². The quantitative estimate of drug-likeness (QED) is 0.378. The molecule has 0 saturated heterocycles. The molecule has 0 amide bonds. The highest BCUT2D eigenvalue weighted by molar-refractivity contribution is 4.80. The van der Waals surface area contributed by atoms with Crippen LogP contribution in [0.2, 0.25) is 0 Å². The Morgan fingerprint density at radius 1 is 0.850 bits per heavy atom. The van der Waals surface area contributed by atoms with Gasteiger partial charge in [-0.05, 0) is 26.7 Å². The van der Waals surface area contributed by atoms with Gasteiger partial charge in [0.1, 0.15) is 0 Å². The van der Waals surface area contributed by atoms with Crippen LogP contribution in [0.3, 0.4) is 0 Å². The van der Waals surface area contributed by atoms with Crippen LogP contribution in [0.5, 0.6) is 0 Å². The highest BCUT2D eigenvalue weighted by atomic mass is 16.7. The van der Waals surface area contributed by atoms with Crippen molar-refractivity contribution in [1.82, 2.24) is 0 Å². The lowest BCUT2D eigenvalue weighted by Gasteiger charge is -2.39. The second kappa shape index (κ2) is 12.6. The minimum absolute atomic E-state index is 0.304. The molecule has 0 heterocycles. The van der Waals surface area contributed by atoms with Gasteiger partial charge in [0.15, 0.2) is 5.79 Å². The Morgan fingerprint density at radius 2 is 1.40 bits per heavy atom. The zero-order valence-corrected chi connectivity index (χ0v) is 14.2. The Bertz CT molecular complexity index is 203. The van der Waals surface area contributed by atoms with Crippen molar-refractivity contribution in [3.05, 3.63) is 0 Å². The van der Waals surface area contributed by atoms with Crippen LogP contribution >= 0.6 is 0 Å².